The van der Waals surface area contributed by atoms with Crippen LogP contribution in [0.25, 0.3) is 0 Å². The van der Waals surface area contributed by atoms with Crippen LogP contribution in [0.5, 0.6) is 0 Å². The van der Waals surface area contributed by atoms with Gasteiger partial charge in [0.1, 0.15) is 17.2 Å². The summed E-state index contributed by atoms with van der Waals surface area (Å²) < 4.78 is 43.9. The van der Waals surface area contributed by atoms with Gasteiger partial charge >= 0.3 is 13.1 Å². The van der Waals surface area contributed by atoms with E-state index in [2.05, 4.69) is 4.74 Å². The molecule has 0 aromatic heterocycles. The summed E-state index contributed by atoms with van der Waals surface area (Å²) in [5.41, 5.74) is -2.10. The van der Waals surface area contributed by atoms with Crippen LogP contribution in [0, 0.1) is 11.6 Å². The fraction of sp³-hybridized carbons (Fsp3) is 0.500. The van der Waals surface area contributed by atoms with Crippen LogP contribution >= 0.6 is 0 Å². The van der Waals surface area contributed by atoms with Gasteiger partial charge in [0.25, 0.3) is 0 Å². The molecule has 1 aliphatic rings. The Morgan fingerprint density at radius 2 is 1.67 bits per heavy atom. The first-order valence-corrected chi connectivity index (χ1v) is 6.52. The number of benzene rings is 1. The first kappa shape index (κ1) is 15.9. The minimum absolute atomic E-state index is 0.0320. The Bertz CT molecular complexity index is 571. The van der Waals surface area contributed by atoms with E-state index >= 15 is 0 Å². The molecular formula is C14H17BF2O4. The van der Waals surface area contributed by atoms with Gasteiger partial charge in [-0.05, 0) is 33.8 Å². The normalized spacial score (nSPS) is 19.7. The monoisotopic (exact) mass is 298 g/mol. The zero-order valence-electron chi connectivity index (χ0n) is 12.6. The molecule has 1 aromatic carbocycles. The van der Waals surface area contributed by atoms with Crippen LogP contribution in [-0.2, 0) is 14.0 Å². The molecular weight excluding hydrogens is 281 g/mol. The van der Waals surface area contributed by atoms with Gasteiger partial charge in [0, 0.05) is 5.46 Å². The van der Waals surface area contributed by atoms with Crippen molar-refractivity contribution < 1.29 is 27.6 Å². The fourth-order valence-corrected chi connectivity index (χ4v) is 2.01. The summed E-state index contributed by atoms with van der Waals surface area (Å²) in [6.45, 7) is 7.26. The largest absolute Gasteiger partial charge is 0.497 e. The van der Waals surface area contributed by atoms with Crippen LogP contribution in [0.4, 0.5) is 8.78 Å². The number of hydrogen-bond acceptors (Lipinski definition) is 4. The topological polar surface area (TPSA) is 44.8 Å². The fourth-order valence-electron chi connectivity index (χ4n) is 2.01. The van der Waals surface area contributed by atoms with E-state index in [0.717, 1.165) is 13.2 Å². The van der Waals surface area contributed by atoms with E-state index in [1.807, 2.05) is 27.7 Å². The average Bonchev–Trinajstić information content (AvgIpc) is 2.57. The smallest absolute Gasteiger partial charge is 0.465 e. The Kier molecular flexibility index (Phi) is 3.84. The molecule has 0 radical (unpaired) electrons. The third-order valence-corrected chi connectivity index (χ3v) is 4.02. The van der Waals surface area contributed by atoms with Crippen LogP contribution in [0.1, 0.15) is 38.1 Å². The zero-order chi connectivity index (χ0) is 16.0. The number of carbonyl (C=O) groups is 1. The lowest BCUT2D eigenvalue weighted by Crippen LogP contribution is -2.41. The third kappa shape index (κ3) is 2.56. The lowest BCUT2D eigenvalue weighted by Gasteiger charge is -2.32. The van der Waals surface area contributed by atoms with Gasteiger partial charge < -0.3 is 14.0 Å². The van der Waals surface area contributed by atoms with E-state index in [4.69, 9.17) is 9.31 Å². The molecule has 0 N–H and O–H groups in total. The molecule has 0 bridgehead atoms. The van der Waals surface area contributed by atoms with E-state index in [1.54, 1.807) is 0 Å². The number of esters is 1. The number of methoxy groups -OCH3 is 1. The number of hydrogen-bond donors (Lipinski definition) is 0. The van der Waals surface area contributed by atoms with Gasteiger partial charge in [-0.2, -0.15) is 0 Å². The summed E-state index contributed by atoms with van der Waals surface area (Å²) in [5.74, 6) is -3.09. The first-order chi connectivity index (χ1) is 9.60. The maximum Gasteiger partial charge on any atom is 0.497 e. The third-order valence-electron chi connectivity index (χ3n) is 4.02. The van der Waals surface area contributed by atoms with Crippen molar-refractivity contribution in [2.75, 3.05) is 7.11 Å². The molecule has 0 saturated carbocycles. The Hall–Kier alpha value is -1.47. The second-order valence-corrected chi connectivity index (χ2v) is 5.91. The Morgan fingerprint density at radius 1 is 1.14 bits per heavy atom. The highest BCUT2D eigenvalue weighted by Gasteiger charge is 2.52. The molecule has 7 heteroatoms. The maximum atomic E-state index is 14.4. The molecule has 1 aliphatic heterocycles. The van der Waals surface area contributed by atoms with Gasteiger partial charge in [-0.25, -0.2) is 13.6 Å². The summed E-state index contributed by atoms with van der Waals surface area (Å²) in [6.07, 6.45) is 0. The summed E-state index contributed by atoms with van der Waals surface area (Å²) in [7, 11) is 0.0434. The summed E-state index contributed by atoms with van der Waals surface area (Å²) >= 11 is 0. The molecule has 1 saturated heterocycles. The second kappa shape index (κ2) is 5.07. The van der Waals surface area contributed by atoms with Crippen LogP contribution in [0.3, 0.4) is 0 Å². The number of halogens is 2. The highest BCUT2D eigenvalue weighted by Crippen LogP contribution is 2.36. The quantitative estimate of drug-likeness (QED) is 0.619. The predicted molar refractivity (Wildman–Crippen MR) is 73.4 cm³/mol. The van der Waals surface area contributed by atoms with Crippen molar-refractivity contribution in [3.63, 3.8) is 0 Å². The van der Waals surface area contributed by atoms with Crippen molar-refractivity contribution in [2.45, 2.75) is 38.9 Å². The van der Waals surface area contributed by atoms with Crippen molar-refractivity contribution in [3.05, 3.63) is 29.3 Å². The molecule has 0 atom stereocenters. The maximum absolute atomic E-state index is 14.4. The SMILES string of the molecule is COC(=O)c1c(F)ccc(B2OC(C)(C)C(C)(C)O2)c1F. The Labute approximate surface area is 122 Å². The Morgan fingerprint density at radius 3 is 2.14 bits per heavy atom. The lowest BCUT2D eigenvalue weighted by molar-refractivity contribution is 0.00578. The van der Waals surface area contributed by atoms with E-state index < -0.39 is 41.5 Å². The molecule has 21 heavy (non-hydrogen) atoms. The minimum atomic E-state index is -1.08. The molecule has 0 amide bonds. The molecule has 114 valence electrons. The number of carbonyl (C=O) groups excluding carboxylic acids is 1. The van der Waals surface area contributed by atoms with Crippen molar-refractivity contribution in [1.29, 1.82) is 0 Å². The summed E-state index contributed by atoms with van der Waals surface area (Å²) in [4.78, 5) is 11.5. The van der Waals surface area contributed by atoms with E-state index in [1.165, 1.54) is 6.07 Å². The van der Waals surface area contributed by atoms with Gasteiger partial charge in [0.2, 0.25) is 0 Å². The standard InChI is InChI=1S/C14H17BF2O4/c1-13(2)14(3,4)21-15(20-13)8-6-7-9(16)10(11(8)17)12(18)19-5/h6-7H,1-5H3. The molecule has 2 rings (SSSR count). The molecule has 1 fully saturated rings. The average molecular weight is 298 g/mol. The molecule has 1 heterocycles. The predicted octanol–water partition coefficient (Wildman–Crippen LogP) is 2.05. The summed E-state index contributed by atoms with van der Waals surface area (Å²) in [5, 5.41) is 0. The number of rotatable bonds is 2. The van der Waals surface area contributed by atoms with Crippen LogP contribution in [0.2, 0.25) is 0 Å². The van der Waals surface area contributed by atoms with Gasteiger partial charge in [0.05, 0.1) is 18.3 Å². The van der Waals surface area contributed by atoms with Crippen LogP contribution in [-0.4, -0.2) is 31.4 Å². The first-order valence-electron chi connectivity index (χ1n) is 6.52. The molecule has 1 aromatic rings. The minimum Gasteiger partial charge on any atom is -0.465 e. The number of ether oxygens (including phenoxy) is 1. The highest BCUT2D eigenvalue weighted by atomic mass is 19.1. The molecule has 0 unspecified atom stereocenters. The van der Waals surface area contributed by atoms with Gasteiger partial charge in [-0.1, -0.05) is 6.07 Å². The van der Waals surface area contributed by atoms with Crippen LogP contribution < -0.4 is 5.46 Å². The summed E-state index contributed by atoms with van der Waals surface area (Å²) in [6, 6.07) is 2.20. The molecule has 4 nitrogen and oxygen atoms in total. The van der Waals surface area contributed by atoms with Gasteiger partial charge in [0.15, 0.2) is 0 Å². The van der Waals surface area contributed by atoms with Crippen molar-refractivity contribution in [2.24, 2.45) is 0 Å². The van der Waals surface area contributed by atoms with Crippen molar-refractivity contribution in [3.8, 4) is 0 Å². The Balaban J connectivity index is 2.46. The second-order valence-electron chi connectivity index (χ2n) is 5.91. The van der Waals surface area contributed by atoms with Crippen molar-refractivity contribution in [1.82, 2.24) is 0 Å². The van der Waals surface area contributed by atoms with E-state index in [-0.39, 0.29) is 5.46 Å². The van der Waals surface area contributed by atoms with Crippen LogP contribution in [0.15, 0.2) is 12.1 Å². The van der Waals surface area contributed by atoms with E-state index in [0.29, 0.717) is 0 Å². The van der Waals surface area contributed by atoms with Crippen molar-refractivity contribution >= 4 is 18.6 Å². The lowest BCUT2D eigenvalue weighted by atomic mass is 9.77. The highest BCUT2D eigenvalue weighted by molar-refractivity contribution is 6.62. The van der Waals surface area contributed by atoms with E-state index in [9.17, 15) is 13.6 Å². The molecule has 0 spiro atoms. The molecule has 0 aliphatic carbocycles. The van der Waals surface area contributed by atoms with Gasteiger partial charge in [-0.3, -0.25) is 0 Å². The zero-order valence-corrected chi connectivity index (χ0v) is 12.6. The van der Waals surface area contributed by atoms with Gasteiger partial charge in [-0.15, -0.1) is 0 Å².